The molecule has 7 nitrogen and oxygen atoms in total. The Morgan fingerprint density at radius 3 is 3.04 bits per heavy atom. The molecular formula is C20H28N4O3. The Kier molecular flexibility index (Phi) is 6.70. The van der Waals surface area contributed by atoms with Crippen molar-refractivity contribution in [2.45, 2.75) is 38.8 Å². The first-order valence-corrected chi connectivity index (χ1v) is 9.52. The number of carbonyl (C=O) groups excluding carboxylic acids is 1. The molecule has 0 saturated carbocycles. The van der Waals surface area contributed by atoms with Gasteiger partial charge in [0.15, 0.2) is 0 Å². The molecule has 0 spiro atoms. The lowest BCUT2D eigenvalue weighted by atomic mass is 10.1. The number of para-hydroxylation sites is 2. The van der Waals surface area contributed by atoms with Gasteiger partial charge in [0, 0.05) is 38.0 Å². The van der Waals surface area contributed by atoms with Crippen LogP contribution in [0.2, 0.25) is 0 Å². The minimum absolute atomic E-state index is 0.0511. The molecular weight excluding hydrogens is 344 g/mol. The SMILES string of the molecule is CCCO[C@H]1CCCN(C(=O)NCc2cnn(-c3ccccc3OC)c2)C1. The molecule has 1 aromatic heterocycles. The Bertz CT molecular complexity index is 746. The summed E-state index contributed by atoms with van der Waals surface area (Å²) in [5.74, 6) is 0.752. The van der Waals surface area contributed by atoms with Crippen molar-refractivity contribution in [3.8, 4) is 11.4 Å². The summed E-state index contributed by atoms with van der Waals surface area (Å²) in [5, 5.41) is 7.37. The van der Waals surface area contributed by atoms with Crippen molar-refractivity contribution < 1.29 is 14.3 Å². The van der Waals surface area contributed by atoms with E-state index in [4.69, 9.17) is 9.47 Å². The molecule has 1 aliphatic heterocycles. The standard InChI is InChI=1S/C20H28N4O3/c1-3-11-27-17-7-6-10-23(15-17)20(25)21-12-16-13-22-24(14-16)18-8-4-5-9-19(18)26-2/h4-5,8-9,13-14,17H,3,6-7,10-12,15H2,1-2H3,(H,21,25)/t17-/m0/s1. The topological polar surface area (TPSA) is 68.6 Å². The number of nitrogens with one attached hydrogen (secondary N) is 1. The summed E-state index contributed by atoms with van der Waals surface area (Å²) in [7, 11) is 1.64. The number of aromatic nitrogens is 2. The van der Waals surface area contributed by atoms with E-state index in [1.54, 1.807) is 18.0 Å². The number of nitrogens with zero attached hydrogens (tertiary/aromatic N) is 3. The molecule has 0 radical (unpaired) electrons. The molecule has 27 heavy (non-hydrogen) atoms. The smallest absolute Gasteiger partial charge is 0.317 e. The average Bonchev–Trinajstić information content (AvgIpc) is 3.19. The first-order chi connectivity index (χ1) is 13.2. The van der Waals surface area contributed by atoms with Crippen LogP contribution in [0.25, 0.3) is 5.69 Å². The van der Waals surface area contributed by atoms with Crippen LogP contribution in [0.3, 0.4) is 0 Å². The van der Waals surface area contributed by atoms with E-state index in [1.807, 2.05) is 35.4 Å². The minimum atomic E-state index is -0.0511. The van der Waals surface area contributed by atoms with Crippen LogP contribution in [0.15, 0.2) is 36.7 Å². The fraction of sp³-hybridized carbons (Fsp3) is 0.500. The molecule has 0 aliphatic carbocycles. The average molecular weight is 372 g/mol. The number of likely N-dealkylation sites (tertiary alicyclic amines) is 1. The van der Waals surface area contributed by atoms with E-state index >= 15 is 0 Å². The fourth-order valence-electron chi connectivity index (χ4n) is 3.23. The molecule has 3 rings (SSSR count). The van der Waals surface area contributed by atoms with Crippen molar-refractivity contribution in [2.24, 2.45) is 0 Å². The predicted molar refractivity (Wildman–Crippen MR) is 103 cm³/mol. The van der Waals surface area contributed by atoms with Gasteiger partial charge in [-0.2, -0.15) is 5.10 Å². The number of amides is 2. The van der Waals surface area contributed by atoms with Gasteiger partial charge in [0.05, 0.1) is 19.4 Å². The second kappa shape index (κ2) is 9.41. The maximum Gasteiger partial charge on any atom is 0.317 e. The Hall–Kier alpha value is -2.54. The zero-order valence-corrected chi connectivity index (χ0v) is 16.1. The maximum atomic E-state index is 12.5. The molecule has 1 N–H and O–H groups in total. The summed E-state index contributed by atoms with van der Waals surface area (Å²) in [6, 6.07) is 7.65. The molecule has 0 bridgehead atoms. The van der Waals surface area contributed by atoms with Crippen LogP contribution in [0.1, 0.15) is 31.7 Å². The molecule has 1 atom stereocenters. The number of benzene rings is 1. The largest absolute Gasteiger partial charge is 0.494 e. The van der Waals surface area contributed by atoms with Crippen LogP contribution in [0.5, 0.6) is 5.75 Å². The minimum Gasteiger partial charge on any atom is -0.494 e. The lowest BCUT2D eigenvalue weighted by Crippen LogP contribution is -2.47. The van der Waals surface area contributed by atoms with Gasteiger partial charge >= 0.3 is 6.03 Å². The van der Waals surface area contributed by atoms with E-state index in [0.29, 0.717) is 13.1 Å². The quantitative estimate of drug-likeness (QED) is 0.811. The summed E-state index contributed by atoms with van der Waals surface area (Å²) >= 11 is 0. The van der Waals surface area contributed by atoms with Crippen LogP contribution in [-0.2, 0) is 11.3 Å². The Morgan fingerprint density at radius 1 is 1.37 bits per heavy atom. The lowest BCUT2D eigenvalue weighted by molar-refractivity contribution is 0.0100. The third-order valence-electron chi connectivity index (χ3n) is 4.63. The first kappa shape index (κ1) is 19.2. The van der Waals surface area contributed by atoms with Gasteiger partial charge < -0.3 is 19.7 Å². The molecule has 0 unspecified atom stereocenters. The van der Waals surface area contributed by atoms with E-state index in [-0.39, 0.29) is 12.1 Å². The maximum absolute atomic E-state index is 12.5. The van der Waals surface area contributed by atoms with Gasteiger partial charge in [0.2, 0.25) is 0 Å². The number of ether oxygens (including phenoxy) is 2. The highest BCUT2D eigenvalue weighted by molar-refractivity contribution is 5.74. The van der Waals surface area contributed by atoms with E-state index < -0.39 is 0 Å². The van der Waals surface area contributed by atoms with Crippen molar-refractivity contribution >= 4 is 6.03 Å². The molecule has 1 saturated heterocycles. The summed E-state index contributed by atoms with van der Waals surface area (Å²) in [5.41, 5.74) is 1.80. The number of hydrogen-bond donors (Lipinski definition) is 1. The zero-order valence-electron chi connectivity index (χ0n) is 16.1. The first-order valence-electron chi connectivity index (χ1n) is 9.52. The number of piperidine rings is 1. The third kappa shape index (κ3) is 5.01. The highest BCUT2D eigenvalue weighted by Crippen LogP contribution is 2.21. The molecule has 1 aromatic carbocycles. The zero-order chi connectivity index (χ0) is 19.1. The van der Waals surface area contributed by atoms with Crippen molar-refractivity contribution in [3.05, 3.63) is 42.2 Å². The Labute approximate surface area is 160 Å². The second-order valence-corrected chi connectivity index (χ2v) is 6.70. The van der Waals surface area contributed by atoms with E-state index in [1.165, 1.54) is 0 Å². The van der Waals surface area contributed by atoms with Crippen molar-refractivity contribution in [1.29, 1.82) is 0 Å². The van der Waals surface area contributed by atoms with Crippen molar-refractivity contribution in [3.63, 3.8) is 0 Å². The van der Waals surface area contributed by atoms with Crippen LogP contribution >= 0.6 is 0 Å². The van der Waals surface area contributed by atoms with Crippen LogP contribution in [0.4, 0.5) is 4.79 Å². The van der Waals surface area contributed by atoms with Gasteiger partial charge in [-0.25, -0.2) is 9.48 Å². The van der Waals surface area contributed by atoms with Crippen LogP contribution in [-0.4, -0.2) is 53.6 Å². The highest BCUT2D eigenvalue weighted by Gasteiger charge is 2.23. The Balaban J connectivity index is 1.54. The number of hydrogen-bond acceptors (Lipinski definition) is 4. The predicted octanol–water partition coefficient (Wildman–Crippen LogP) is 2.98. The summed E-state index contributed by atoms with van der Waals surface area (Å²) in [6.45, 7) is 4.72. The monoisotopic (exact) mass is 372 g/mol. The van der Waals surface area contributed by atoms with Crippen molar-refractivity contribution in [2.75, 3.05) is 26.8 Å². The summed E-state index contributed by atoms with van der Waals surface area (Å²) in [6.07, 6.45) is 6.82. The van der Waals surface area contributed by atoms with Gasteiger partial charge in [-0.1, -0.05) is 19.1 Å². The molecule has 2 heterocycles. The Morgan fingerprint density at radius 2 is 2.22 bits per heavy atom. The number of methoxy groups -OCH3 is 1. The number of rotatable bonds is 7. The second-order valence-electron chi connectivity index (χ2n) is 6.70. The highest BCUT2D eigenvalue weighted by atomic mass is 16.5. The van der Waals surface area contributed by atoms with E-state index in [0.717, 1.165) is 49.4 Å². The molecule has 146 valence electrons. The van der Waals surface area contributed by atoms with Crippen LogP contribution < -0.4 is 10.1 Å². The van der Waals surface area contributed by atoms with Gasteiger partial charge in [0.1, 0.15) is 11.4 Å². The van der Waals surface area contributed by atoms with Crippen molar-refractivity contribution in [1.82, 2.24) is 20.0 Å². The number of carbonyl (C=O) groups is 1. The molecule has 2 aromatic rings. The molecule has 1 fully saturated rings. The molecule has 2 amide bonds. The number of urea groups is 1. The normalized spacial score (nSPS) is 17.0. The van der Waals surface area contributed by atoms with Gasteiger partial charge in [-0.3, -0.25) is 0 Å². The van der Waals surface area contributed by atoms with Crippen LogP contribution in [0, 0.1) is 0 Å². The van der Waals surface area contributed by atoms with E-state index in [2.05, 4.69) is 17.3 Å². The van der Waals surface area contributed by atoms with Gasteiger partial charge in [0.25, 0.3) is 0 Å². The van der Waals surface area contributed by atoms with E-state index in [9.17, 15) is 4.79 Å². The molecule has 1 aliphatic rings. The van der Waals surface area contributed by atoms with Gasteiger partial charge in [-0.05, 0) is 31.4 Å². The molecule has 7 heteroatoms. The lowest BCUT2D eigenvalue weighted by Gasteiger charge is -2.32. The fourth-order valence-corrected chi connectivity index (χ4v) is 3.23. The summed E-state index contributed by atoms with van der Waals surface area (Å²) in [4.78, 5) is 14.3. The summed E-state index contributed by atoms with van der Waals surface area (Å²) < 4.78 is 12.9. The van der Waals surface area contributed by atoms with Gasteiger partial charge in [-0.15, -0.1) is 0 Å². The third-order valence-corrected chi connectivity index (χ3v) is 4.63.